The van der Waals surface area contributed by atoms with Crippen molar-refractivity contribution >= 4 is 27.5 Å². The van der Waals surface area contributed by atoms with Crippen LogP contribution in [0, 0.1) is 0 Å². The molecule has 176 valence electrons. The van der Waals surface area contributed by atoms with Gasteiger partial charge in [0, 0.05) is 34.8 Å². The average Bonchev–Trinajstić information content (AvgIpc) is 3.25. The number of aromatic nitrogens is 3. The van der Waals surface area contributed by atoms with E-state index in [1.165, 1.54) is 12.1 Å². The maximum absolute atomic E-state index is 12.6. The van der Waals surface area contributed by atoms with Gasteiger partial charge in [0.25, 0.3) is 11.8 Å². The van der Waals surface area contributed by atoms with Gasteiger partial charge in [0.15, 0.2) is 5.69 Å². The molecular weight excluding hydrogens is 468 g/mol. The molecule has 2 aromatic heterocycles. The number of nitrogens with zero attached hydrogens (tertiary/aromatic N) is 3. The molecule has 0 aliphatic heterocycles. The molecule has 0 bridgehead atoms. The number of anilines is 1. The zero-order valence-corrected chi connectivity index (χ0v) is 19.1. The highest BCUT2D eigenvalue weighted by molar-refractivity contribution is 7.89. The van der Waals surface area contributed by atoms with E-state index in [0.29, 0.717) is 41.0 Å². The summed E-state index contributed by atoms with van der Waals surface area (Å²) in [5.74, 6) is -0.944. The molecule has 4 aromatic rings. The lowest BCUT2D eigenvalue weighted by atomic mass is 9.88. The Labute approximate surface area is 200 Å². The lowest BCUT2D eigenvalue weighted by Crippen LogP contribution is -2.15. The molecule has 2 aromatic carbocycles. The molecule has 5 rings (SSSR count). The molecule has 0 spiro atoms. The first kappa shape index (κ1) is 22.4. The number of sulfonamides is 1. The van der Waals surface area contributed by atoms with Crippen molar-refractivity contribution in [3.63, 3.8) is 0 Å². The molecule has 0 saturated carbocycles. The van der Waals surface area contributed by atoms with E-state index in [1.54, 1.807) is 41.3 Å². The molecule has 0 fully saturated rings. The third-order valence-electron chi connectivity index (χ3n) is 5.84. The van der Waals surface area contributed by atoms with Gasteiger partial charge in [0.2, 0.25) is 10.0 Å². The first-order valence-electron chi connectivity index (χ1n) is 10.6. The topological polar surface area (TPSA) is 163 Å². The molecule has 0 saturated heterocycles. The van der Waals surface area contributed by atoms with Crippen molar-refractivity contribution in [1.29, 1.82) is 0 Å². The van der Waals surface area contributed by atoms with Gasteiger partial charge in [-0.05, 0) is 66.9 Å². The first-order valence-corrected chi connectivity index (χ1v) is 12.2. The third-order valence-corrected chi connectivity index (χ3v) is 6.77. The summed E-state index contributed by atoms with van der Waals surface area (Å²) in [4.78, 5) is 28.7. The van der Waals surface area contributed by atoms with E-state index < -0.39 is 15.9 Å². The molecular formula is C24H20N6O4S. The fourth-order valence-electron chi connectivity index (χ4n) is 4.18. The first-order chi connectivity index (χ1) is 16.7. The Morgan fingerprint density at radius 3 is 2.34 bits per heavy atom. The van der Waals surface area contributed by atoms with Gasteiger partial charge in [-0.15, -0.1) is 0 Å². The number of pyridine rings is 1. The van der Waals surface area contributed by atoms with Crippen LogP contribution in [0.25, 0.3) is 16.9 Å². The Kier molecular flexibility index (Phi) is 5.42. The second kappa shape index (κ2) is 8.46. The van der Waals surface area contributed by atoms with Crippen LogP contribution in [0.5, 0.6) is 0 Å². The van der Waals surface area contributed by atoms with Crippen LogP contribution in [-0.4, -0.2) is 35.0 Å². The largest absolute Gasteiger partial charge is 0.364 e. The predicted octanol–water partition coefficient (Wildman–Crippen LogP) is 2.03. The maximum atomic E-state index is 12.6. The Balaban J connectivity index is 1.61. The van der Waals surface area contributed by atoms with Gasteiger partial charge in [0.1, 0.15) is 0 Å². The quantitative estimate of drug-likeness (QED) is 0.389. The average molecular weight is 489 g/mol. The van der Waals surface area contributed by atoms with Crippen molar-refractivity contribution in [2.24, 2.45) is 10.9 Å². The van der Waals surface area contributed by atoms with Crippen LogP contribution in [0.15, 0.2) is 71.9 Å². The maximum Gasteiger partial charge on any atom is 0.269 e. The fourth-order valence-corrected chi connectivity index (χ4v) is 4.70. The minimum atomic E-state index is -3.86. The van der Waals surface area contributed by atoms with Gasteiger partial charge < -0.3 is 11.1 Å². The molecule has 2 heterocycles. The van der Waals surface area contributed by atoms with Crippen LogP contribution in [0.4, 0.5) is 5.69 Å². The number of nitrogens with two attached hydrogens (primary N) is 2. The van der Waals surface area contributed by atoms with E-state index in [-0.39, 0.29) is 16.5 Å². The molecule has 11 heteroatoms. The summed E-state index contributed by atoms with van der Waals surface area (Å²) < 4.78 is 24.9. The van der Waals surface area contributed by atoms with Crippen molar-refractivity contribution in [3.05, 3.63) is 89.4 Å². The number of amides is 2. The zero-order chi connectivity index (χ0) is 24.7. The molecule has 0 radical (unpaired) electrons. The minimum absolute atomic E-state index is 0.0427. The van der Waals surface area contributed by atoms with E-state index in [0.717, 1.165) is 11.1 Å². The number of benzene rings is 2. The Morgan fingerprint density at radius 2 is 1.69 bits per heavy atom. The number of carbonyl (C=O) groups is 2. The number of hydrogen-bond donors (Lipinski definition) is 3. The smallest absolute Gasteiger partial charge is 0.269 e. The van der Waals surface area contributed by atoms with Gasteiger partial charge in [-0.25, -0.2) is 18.2 Å². The second-order valence-electron chi connectivity index (χ2n) is 8.05. The molecule has 1 aliphatic rings. The van der Waals surface area contributed by atoms with Crippen molar-refractivity contribution in [2.45, 2.75) is 17.7 Å². The van der Waals surface area contributed by atoms with E-state index in [1.807, 2.05) is 18.2 Å². The van der Waals surface area contributed by atoms with Crippen molar-refractivity contribution in [2.75, 3.05) is 5.32 Å². The molecule has 35 heavy (non-hydrogen) atoms. The third kappa shape index (κ3) is 4.18. The normalized spacial score (nSPS) is 12.5. The predicted molar refractivity (Wildman–Crippen MR) is 128 cm³/mol. The fraction of sp³-hybridized carbons (Fsp3) is 0.0833. The highest BCUT2D eigenvalue weighted by Gasteiger charge is 2.28. The zero-order valence-electron chi connectivity index (χ0n) is 18.3. The molecule has 2 amide bonds. The van der Waals surface area contributed by atoms with E-state index >= 15 is 0 Å². The molecule has 5 N–H and O–H groups in total. The Morgan fingerprint density at radius 1 is 0.971 bits per heavy atom. The van der Waals surface area contributed by atoms with E-state index in [9.17, 15) is 18.0 Å². The Bertz CT molecular complexity index is 1580. The number of nitrogens with one attached hydrogen (secondary N) is 1. The van der Waals surface area contributed by atoms with Crippen LogP contribution in [0.2, 0.25) is 0 Å². The van der Waals surface area contributed by atoms with Crippen LogP contribution < -0.4 is 16.2 Å². The number of aryl methyl sites for hydroxylation is 1. The molecule has 10 nitrogen and oxygen atoms in total. The van der Waals surface area contributed by atoms with Gasteiger partial charge in [0.05, 0.1) is 16.3 Å². The van der Waals surface area contributed by atoms with Gasteiger partial charge >= 0.3 is 0 Å². The molecule has 0 unspecified atom stereocenters. The summed E-state index contributed by atoms with van der Waals surface area (Å²) in [7, 11) is -3.86. The second-order valence-corrected chi connectivity index (χ2v) is 9.61. The number of hydrogen-bond acceptors (Lipinski definition) is 6. The number of fused-ring (bicyclic) bond motifs is 3. The van der Waals surface area contributed by atoms with Crippen LogP contribution in [0.1, 0.15) is 32.0 Å². The molecule has 0 atom stereocenters. The highest BCUT2D eigenvalue weighted by atomic mass is 32.2. The summed E-state index contributed by atoms with van der Waals surface area (Å²) in [6, 6.07) is 14.7. The lowest BCUT2D eigenvalue weighted by Gasteiger charge is -2.20. The van der Waals surface area contributed by atoms with Crippen LogP contribution >= 0.6 is 0 Å². The monoisotopic (exact) mass is 488 g/mol. The van der Waals surface area contributed by atoms with Gasteiger partial charge in [-0.2, -0.15) is 5.10 Å². The van der Waals surface area contributed by atoms with E-state index in [2.05, 4.69) is 15.4 Å². The summed E-state index contributed by atoms with van der Waals surface area (Å²) in [5, 5.41) is 12.6. The van der Waals surface area contributed by atoms with Crippen molar-refractivity contribution in [1.82, 2.24) is 14.8 Å². The number of rotatable bonds is 5. The number of carbonyl (C=O) groups excluding carboxylic acids is 2. The van der Waals surface area contributed by atoms with Crippen LogP contribution in [0.3, 0.4) is 0 Å². The lowest BCUT2D eigenvalue weighted by molar-refractivity contribution is 0.0992. The van der Waals surface area contributed by atoms with Crippen molar-refractivity contribution in [3.8, 4) is 16.9 Å². The minimum Gasteiger partial charge on any atom is -0.364 e. The van der Waals surface area contributed by atoms with Crippen LogP contribution in [-0.2, 0) is 22.9 Å². The standard InChI is InChI=1S/C24H20N6O4S/c25-23(31)21-19-8-2-14-1-3-16(28-24(32)15-9-11-27-12-10-15)13-20(14)22(19)30(29-21)17-4-6-18(7-5-17)35(26,33)34/h1,3-7,9-13H,2,8H2,(H2,25,31)(H,28,32)(H2,26,33,34). The summed E-state index contributed by atoms with van der Waals surface area (Å²) in [6.45, 7) is 0. The van der Waals surface area contributed by atoms with Crippen molar-refractivity contribution < 1.29 is 18.0 Å². The number of primary amides is 1. The number of primary sulfonamides is 1. The highest BCUT2D eigenvalue weighted by Crippen LogP contribution is 2.38. The van der Waals surface area contributed by atoms with Gasteiger partial charge in [-0.1, -0.05) is 6.07 Å². The van der Waals surface area contributed by atoms with E-state index in [4.69, 9.17) is 10.9 Å². The summed E-state index contributed by atoms with van der Waals surface area (Å²) in [5.41, 5.74) is 10.5. The SMILES string of the molecule is NC(=O)c1nn(-c2ccc(S(N)(=O)=O)cc2)c2c1CCc1ccc(NC(=O)c3ccncc3)cc1-2. The van der Waals surface area contributed by atoms with Gasteiger partial charge in [-0.3, -0.25) is 14.6 Å². The molecule has 1 aliphatic carbocycles. The Hall–Kier alpha value is -4.35. The summed E-state index contributed by atoms with van der Waals surface area (Å²) in [6.07, 6.45) is 4.30. The summed E-state index contributed by atoms with van der Waals surface area (Å²) >= 11 is 0.